The molecular weight excluding hydrogens is 500 g/mol. The van der Waals surface area contributed by atoms with Gasteiger partial charge in [-0.3, -0.25) is 14.4 Å². The Kier molecular flexibility index (Phi) is 7.96. The topological polar surface area (TPSA) is 116 Å². The lowest BCUT2D eigenvalue weighted by Gasteiger charge is -2.33. The van der Waals surface area contributed by atoms with E-state index >= 15 is 0 Å². The molecule has 186 valence electrons. The van der Waals surface area contributed by atoms with E-state index in [4.69, 9.17) is 11.6 Å². The quantitative estimate of drug-likeness (QED) is 0.507. The maximum atomic E-state index is 13.0. The number of amides is 3. The molecule has 12 heteroatoms. The largest absolute Gasteiger partial charge is 0.354 e. The minimum absolute atomic E-state index is 0.132. The van der Waals surface area contributed by atoms with Gasteiger partial charge in [0.2, 0.25) is 27.7 Å². The molecule has 2 atom stereocenters. The zero-order valence-electron chi connectivity index (χ0n) is 18.7. The fourth-order valence-electron chi connectivity index (χ4n) is 4.30. The normalized spacial score (nSPS) is 23.6. The summed E-state index contributed by atoms with van der Waals surface area (Å²) in [5, 5.41) is 3.95. The smallest absolute Gasteiger partial charge is 0.242 e. The highest BCUT2D eigenvalue weighted by atomic mass is 35.5. The molecule has 34 heavy (non-hydrogen) atoms. The van der Waals surface area contributed by atoms with Gasteiger partial charge >= 0.3 is 0 Å². The zero-order chi connectivity index (χ0) is 24.3. The second-order valence-electron chi connectivity index (χ2n) is 9.00. The van der Waals surface area contributed by atoms with Crippen molar-refractivity contribution in [2.75, 3.05) is 26.2 Å². The molecule has 2 saturated heterocycles. The second-order valence-corrected chi connectivity index (χ2v) is 12.3. The summed E-state index contributed by atoms with van der Waals surface area (Å²) in [5.74, 6) is -0.286. The molecule has 1 aromatic heterocycles. The number of carbonyl (C=O) groups is 3. The number of thiophene rings is 1. The average Bonchev–Trinajstić information content (AvgIpc) is 3.31. The summed E-state index contributed by atoms with van der Waals surface area (Å²) in [5.41, 5.74) is 0. The summed E-state index contributed by atoms with van der Waals surface area (Å²) in [6.07, 6.45) is 5.97. The molecule has 0 aromatic carbocycles. The van der Waals surface area contributed by atoms with E-state index in [9.17, 15) is 22.8 Å². The van der Waals surface area contributed by atoms with E-state index in [1.807, 2.05) is 0 Å². The van der Waals surface area contributed by atoms with Crippen molar-refractivity contribution < 1.29 is 22.8 Å². The third-order valence-electron chi connectivity index (χ3n) is 6.31. The van der Waals surface area contributed by atoms with E-state index in [0.717, 1.165) is 24.7 Å². The van der Waals surface area contributed by atoms with Gasteiger partial charge in [-0.2, -0.15) is 4.72 Å². The molecule has 3 aliphatic rings. The molecule has 0 radical (unpaired) electrons. The Bertz CT molecular complexity index is 1070. The van der Waals surface area contributed by atoms with Crippen LogP contribution in [0.1, 0.15) is 43.4 Å². The van der Waals surface area contributed by atoms with Gasteiger partial charge in [-0.25, -0.2) is 8.42 Å². The van der Waals surface area contributed by atoms with Crippen molar-refractivity contribution in [1.29, 1.82) is 0 Å². The molecule has 2 N–H and O–H groups in total. The van der Waals surface area contributed by atoms with Crippen LogP contribution < -0.4 is 10.0 Å². The Morgan fingerprint density at radius 1 is 1.15 bits per heavy atom. The van der Waals surface area contributed by atoms with Crippen LogP contribution in [0.4, 0.5) is 0 Å². The maximum Gasteiger partial charge on any atom is 0.242 e. The van der Waals surface area contributed by atoms with Crippen molar-refractivity contribution in [3.8, 4) is 0 Å². The van der Waals surface area contributed by atoms with Crippen LogP contribution in [-0.4, -0.2) is 74.2 Å². The summed E-state index contributed by atoms with van der Waals surface area (Å²) < 4.78 is 27.9. The zero-order valence-corrected chi connectivity index (χ0v) is 21.1. The summed E-state index contributed by atoms with van der Waals surface area (Å²) >= 11 is 7.11. The van der Waals surface area contributed by atoms with Crippen LogP contribution in [0.5, 0.6) is 0 Å². The van der Waals surface area contributed by atoms with Crippen molar-refractivity contribution in [2.45, 2.75) is 50.6 Å². The number of nitrogens with one attached hydrogen (secondary N) is 2. The number of carbonyl (C=O) groups excluding carboxylic acids is 3. The van der Waals surface area contributed by atoms with Crippen molar-refractivity contribution in [2.24, 2.45) is 5.92 Å². The summed E-state index contributed by atoms with van der Waals surface area (Å²) in [7, 11) is -3.86. The van der Waals surface area contributed by atoms with E-state index in [1.54, 1.807) is 17.0 Å². The van der Waals surface area contributed by atoms with Gasteiger partial charge in [0.15, 0.2) is 0 Å². The number of likely N-dealkylation sites (tertiary alicyclic amines) is 2. The summed E-state index contributed by atoms with van der Waals surface area (Å²) in [4.78, 5) is 42.1. The van der Waals surface area contributed by atoms with Crippen molar-refractivity contribution in [3.63, 3.8) is 0 Å². The Labute approximate surface area is 208 Å². The molecule has 3 amide bonds. The van der Waals surface area contributed by atoms with Gasteiger partial charge in [0.05, 0.1) is 10.9 Å². The Morgan fingerprint density at radius 3 is 2.62 bits per heavy atom. The highest BCUT2D eigenvalue weighted by Crippen LogP contribution is 2.28. The second kappa shape index (κ2) is 10.8. The number of piperidine rings is 1. The molecule has 3 heterocycles. The van der Waals surface area contributed by atoms with Gasteiger partial charge in [-0.15, -0.1) is 11.3 Å². The monoisotopic (exact) mass is 528 g/mol. The fourth-order valence-corrected chi connectivity index (χ4v) is 6.36. The number of halogens is 1. The third kappa shape index (κ3) is 6.59. The van der Waals surface area contributed by atoms with E-state index in [0.29, 0.717) is 54.0 Å². The van der Waals surface area contributed by atoms with Gasteiger partial charge in [-0.05, 0) is 62.7 Å². The van der Waals surface area contributed by atoms with E-state index in [2.05, 4.69) is 10.0 Å². The lowest BCUT2D eigenvalue weighted by Crippen LogP contribution is -2.55. The molecular formula is C22H29ClN4O5S2. The van der Waals surface area contributed by atoms with Crippen LogP contribution >= 0.6 is 22.9 Å². The van der Waals surface area contributed by atoms with Gasteiger partial charge in [0.25, 0.3) is 0 Å². The predicted molar refractivity (Wildman–Crippen MR) is 130 cm³/mol. The Hall–Kier alpha value is -1.95. The van der Waals surface area contributed by atoms with Crippen molar-refractivity contribution in [3.05, 3.63) is 26.8 Å². The van der Waals surface area contributed by atoms with Crippen LogP contribution in [-0.2, 0) is 24.4 Å². The van der Waals surface area contributed by atoms with E-state index in [1.165, 1.54) is 22.3 Å². The average molecular weight is 529 g/mol. The minimum Gasteiger partial charge on any atom is -0.354 e. The molecule has 4 rings (SSSR count). The minimum atomic E-state index is -3.86. The highest BCUT2D eigenvalue weighted by Gasteiger charge is 2.38. The lowest BCUT2D eigenvalue weighted by atomic mass is 10.1. The van der Waals surface area contributed by atoms with Crippen LogP contribution in [0.15, 0.2) is 17.5 Å². The number of hydrogen-bond donors (Lipinski definition) is 2. The molecule has 3 fully saturated rings. The van der Waals surface area contributed by atoms with Gasteiger partial charge in [-0.1, -0.05) is 11.6 Å². The first-order valence-corrected chi connectivity index (χ1v) is 14.3. The molecule has 2 aliphatic heterocycles. The molecule has 1 saturated carbocycles. The standard InChI is InChI=1S/C22H29ClN4O5S2/c23-19-8-7-16(33-19)9-12-34(31,32)25-17-3-1-10-26(22(17)30)14-20(28)27-11-2-4-18(27)21(29)24-13-15-5-6-15/h7-9,12,15,17-18,25H,1-6,10-11,13-14H2,(H,24,29)/t17-,18+/m0/s1. The summed E-state index contributed by atoms with van der Waals surface area (Å²) in [6, 6.07) is 1.94. The first-order valence-electron chi connectivity index (χ1n) is 11.5. The molecule has 1 aliphatic carbocycles. The van der Waals surface area contributed by atoms with Gasteiger partial charge in [0, 0.05) is 29.9 Å². The lowest BCUT2D eigenvalue weighted by molar-refractivity contribution is -0.145. The fraction of sp³-hybridized carbons (Fsp3) is 0.591. The van der Waals surface area contributed by atoms with Gasteiger partial charge in [0.1, 0.15) is 12.1 Å². The Morgan fingerprint density at radius 2 is 1.91 bits per heavy atom. The van der Waals surface area contributed by atoms with Crippen molar-refractivity contribution in [1.82, 2.24) is 19.8 Å². The SMILES string of the molecule is O=C(NCC1CC1)[C@H]1CCCN1C(=O)CN1CCC[C@H](NS(=O)(=O)C=Cc2ccc(Cl)s2)C1=O. The van der Waals surface area contributed by atoms with E-state index < -0.39 is 28.0 Å². The predicted octanol–water partition coefficient (Wildman–Crippen LogP) is 1.80. The van der Waals surface area contributed by atoms with Crippen LogP contribution in [0.25, 0.3) is 6.08 Å². The molecule has 0 unspecified atom stereocenters. The van der Waals surface area contributed by atoms with Crippen LogP contribution in [0.3, 0.4) is 0 Å². The number of rotatable bonds is 9. The molecule has 0 bridgehead atoms. The number of hydrogen-bond acceptors (Lipinski definition) is 6. The molecule has 1 aromatic rings. The van der Waals surface area contributed by atoms with E-state index in [-0.39, 0.29) is 18.4 Å². The Balaban J connectivity index is 1.32. The maximum absolute atomic E-state index is 13.0. The molecule has 9 nitrogen and oxygen atoms in total. The third-order valence-corrected chi connectivity index (χ3v) is 8.61. The number of nitrogens with zero attached hydrogens (tertiary/aromatic N) is 2. The van der Waals surface area contributed by atoms with Gasteiger partial charge < -0.3 is 15.1 Å². The number of sulfonamides is 1. The first-order chi connectivity index (χ1) is 16.2. The molecule has 0 spiro atoms. The van der Waals surface area contributed by atoms with Crippen LogP contribution in [0.2, 0.25) is 4.34 Å². The highest BCUT2D eigenvalue weighted by molar-refractivity contribution is 7.92. The first kappa shape index (κ1) is 25.2. The van der Waals surface area contributed by atoms with Crippen LogP contribution in [0, 0.1) is 5.92 Å². The van der Waals surface area contributed by atoms with Crippen molar-refractivity contribution >= 4 is 56.8 Å². The summed E-state index contributed by atoms with van der Waals surface area (Å²) in [6.45, 7) is 1.35.